The highest BCUT2D eigenvalue weighted by Crippen LogP contribution is 2.27. The van der Waals surface area contributed by atoms with Gasteiger partial charge in [-0.1, -0.05) is 26.0 Å². The van der Waals surface area contributed by atoms with Gasteiger partial charge in [-0.25, -0.2) is 9.99 Å². The van der Waals surface area contributed by atoms with Crippen LogP contribution in [-0.4, -0.2) is 72.2 Å². The molecule has 2 fully saturated rings. The first-order valence-corrected chi connectivity index (χ1v) is 12.0. The molecule has 2 saturated heterocycles. The summed E-state index contributed by atoms with van der Waals surface area (Å²) in [5.41, 5.74) is 4.64. The van der Waals surface area contributed by atoms with Gasteiger partial charge in [0.2, 0.25) is 0 Å². The molecule has 0 atom stereocenters. The van der Waals surface area contributed by atoms with Gasteiger partial charge in [-0.15, -0.1) is 0 Å². The molecule has 1 aromatic carbocycles. The normalized spacial score (nSPS) is 19.0. The molecule has 6 nitrogen and oxygen atoms in total. The first kappa shape index (κ1) is 22.8. The smallest absolute Gasteiger partial charge is 0.140 e. The highest BCUT2D eigenvalue weighted by Gasteiger charge is 2.26. The zero-order valence-electron chi connectivity index (χ0n) is 20.0. The lowest BCUT2D eigenvalue weighted by Gasteiger charge is -2.42. The lowest BCUT2D eigenvalue weighted by Crippen LogP contribution is -2.52. The van der Waals surface area contributed by atoms with Crippen molar-refractivity contribution in [2.45, 2.75) is 39.7 Å². The number of likely N-dealkylation sites (N-methyl/N-ethyl adjacent to an activating group) is 1. The van der Waals surface area contributed by atoms with Crippen LogP contribution in [0.2, 0.25) is 0 Å². The van der Waals surface area contributed by atoms with E-state index in [1.165, 1.54) is 44.4 Å². The minimum atomic E-state index is 0. The van der Waals surface area contributed by atoms with Crippen LogP contribution in [0.3, 0.4) is 0 Å². The van der Waals surface area contributed by atoms with Gasteiger partial charge in [-0.3, -0.25) is 4.90 Å². The lowest BCUT2D eigenvalue weighted by molar-refractivity contribution is 0.0738. The third kappa shape index (κ3) is 5.31. The molecular formula is C26H39N5O. The highest BCUT2D eigenvalue weighted by molar-refractivity contribution is 5.87. The lowest BCUT2D eigenvalue weighted by atomic mass is 10.0. The van der Waals surface area contributed by atoms with Crippen LogP contribution in [0.25, 0.3) is 22.1 Å². The monoisotopic (exact) mass is 437 g/mol. The molecule has 5 rings (SSSR count). The summed E-state index contributed by atoms with van der Waals surface area (Å²) >= 11 is 0. The van der Waals surface area contributed by atoms with E-state index < -0.39 is 0 Å². The minimum Gasteiger partial charge on any atom is -0.461 e. The number of nitrogens with one attached hydrogen (secondary N) is 1. The molecule has 0 aliphatic carbocycles. The van der Waals surface area contributed by atoms with Crippen molar-refractivity contribution < 1.29 is 5.84 Å². The van der Waals surface area contributed by atoms with Crippen LogP contribution in [0.5, 0.6) is 0 Å². The number of anilines is 1. The van der Waals surface area contributed by atoms with Crippen LogP contribution in [0, 0.1) is 6.92 Å². The van der Waals surface area contributed by atoms with E-state index in [4.69, 9.17) is 4.42 Å². The predicted octanol–water partition coefficient (Wildman–Crippen LogP) is 5.11. The number of fused-ring (bicyclic) bond motifs is 1. The van der Waals surface area contributed by atoms with Gasteiger partial charge in [0.25, 0.3) is 0 Å². The molecule has 4 heterocycles. The van der Waals surface area contributed by atoms with Crippen LogP contribution >= 0.6 is 0 Å². The number of hydrogen-bond donors (Lipinski definition) is 1. The number of rotatable bonds is 4. The number of nitrogens with zero attached hydrogens (tertiary/aromatic N) is 4. The zero-order valence-corrected chi connectivity index (χ0v) is 20.0. The van der Waals surface area contributed by atoms with Crippen molar-refractivity contribution in [1.29, 1.82) is 0 Å². The van der Waals surface area contributed by atoms with Gasteiger partial charge in [0.05, 0.1) is 0 Å². The van der Waals surface area contributed by atoms with E-state index in [2.05, 4.69) is 56.5 Å². The Bertz CT molecular complexity index is 1010. The maximum Gasteiger partial charge on any atom is 0.140 e. The molecule has 0 radical (unpaired) electrons. The molecule has 6 heteroatoms. The van der Waals surface area contributed by atoms with Crippen molar-refractivity contribution in [1.82, 2.24) is 19.8 Å². The van der Waals surface area contributed by atoms with Crippen LogP contribution < -0.4 is 5.43 Å². The quantitative estimate of drug-likeness (QED) is 0.612. The molecule has 1 N–H and O–H groups in total. The van der Waals surface area contributed by atoms with E-state index in [9.17, 15) is 0 Å². The van der Waals surface area contributed by atoms with E-state index in [1.54, 1.807) is 0 Å². The fraction of sp³-hybridized carbons (Fsp3) is 0.500. The number of piperidine rings is 1. The van der Waals surface area contributed by atoms with Crippen molar-refractivity contribution in [3.05, 3.63) is 48.4 Å². The van der Waals surface area contributed by atoms with Crippen molar-refractivity contribution in [2.75, 3.05) is 51.7 Å². The molecule has 0 unspecified atom stereocenters. The van der Waals surface area contributed by atoms with Crippen LogP contribution in [0.1, 0.15) is 33.9 Å². The maximum atomic E-state index is 5.79. The van der Waals surface area contributed by atoms with Gasteiger partial charge in [-0.05, 0) is 56.5 Å². The molecular weight excluding hydrogens is 398 g/mol. The molecule has 0 bridgehead atoms. The average molecular weight is 438 g/mol. The van der Waals surface area contributed by atoms with Gasteiger partial charge in [-0.2, -0.15) is 0 Å². The van der Waals surface area contributed by atoms with E-state index in [0.717, 1.165) is 47.4 Å². The molecule has 32 heavy (non-hydrogen) atoms. The summed E-state index contributed by atoms with van der Waals surface area (Å²) in [6, 6.07) is 13.3. The van der Waals surface area contributed by atoms with E-state index in [0.29, 0.717) is 0 Å². The maximum absolute atomic E-state index is 5.79. The second-order valence-corrected chi connectivity index (χ2v) is 8.71. The Morgan fingerprint density at radius 3 is 2.38 bits per heavy atom. The number of hydrogen-bond acceptors (Lipinski definition) is 6. The number of aromatic nitrogens is 1. The molecule has 174 valence electrons. The molecule has 2 aliphatic rings. The molecule has 2 aromatic heterocycles. The second kappa shape index (κ2) is 10.5. The predicted molar refractivity (Wildman–Crippen MR) is 135 cm³/mol. The Hall–Kier alpha value is -2.41. The minimum absolute atomic E-state index is 0. The number of pyridine rings is 1. The second-order valence-electron chi connectivity index (χ2n) is 8.71. The number of piperazine rings is 1. The van der Waals surface area contributed by atoms with Crippen molar-refractivity contribution in [3.63, 3.8) is 0 Å². The third-order valence-corrected chi connectivity index (χ3v) is 6.54. The number of hydrazine groups is 1. The van der Waals surface area contributed by atoms with Crippen molar-refractivity contribution in [2.24, 2.45) is 0 Å². The van der Waals surface area contributed by atoms with Crippen molar-refractivity contribution in [3.8, 4) is 11.3 Å². The third-order valence-electron chi connectivity index (χ3n) is 6.54. The van der Waals surface area contributed by atoms with Crippen LogP contribution in [-0.2, 0) is 0 Å². The molecule has 0 spiro atoms. The summed E-state index contributed by atoms with van der Waals surface area (Å²) < 4.78 is 5.79. The number of furan rings is 1. The summed E-state index contributed by atoms with van der Waals surface area (Å²) in [5.74, 6) is 2.75. The Kier molecular flexibility index (Phi) is 7.45. The van der Waals surface area contributed by atoms with Crippen LogP contribution in [0.15, 0.2) is 47.0 Å². The molecule has 2 aliphatic heterocycles. The van der Waals surface area contributed by atoms with Gasteiger partial charge >= 0.3 is 0 Å². The summed E-state index contributed by atoms with van der Waals surface area (Å²) in [7, 11) is 2.22. The summed E-state index contributed by atoms with van der Waals surface area (Å²) in [5, 5.41) is 4.63. The Morgan fingerprint density at radius 1 is 0.938 bits per heavy atom. The largest absolute Gasteiger partial charge is 0.461 e. The topological polar surface area (TPSA) is 47.8 Å². The van der Waals surface area contributed by atoms with Gasteiger partial charge < -0.3 is 14.7 Å². The SMILES string of the molecule is CC.Cc1ccc(-c2ccc3cnc(NN4CCC(N5CCN(C)CC5)CC4)cc3c2)o1.[HH]. The highest BCUT2D eigenvalue weighted by atomic mass is 16.3. The number of aryl methyl sites for hydroxylation is 1. The average Bonchev–Trinajstić information content (AvgIpc) is 3.27. The van der Waals surface area contributed by atoms with E-state index in [1.807, 2.05) is 39.1 Å². The fourth-order valence-electron chi connectivity index (χ4n) is 4.64. The van der Waals surface area contributed by atoms with Gasteiger partial charge in [0.15, 0.2) is 0 Å². The van der Waals surface area contributed by atoms with Crippen LogP contribution in [0.4, 0.5) is 5.82 Å². The fourth-order valence-corrected chi connectivity index (χ4v) is 4.64. The number of benzene rings is 1. The Morgan fingerprint density at radius 2 is 1.69 bits per heavy atom. The Labute approximate surface area is 193 Å². The first-order valence-electron chi connectivity index (χ1n) is 12.0. The van der Waals surface area contributed by atoms with Crippen molar-refractivity contribution >= 4 is 16.6 Å². The zero-order chi connectivity index (χ0) is 22.5. The standard InChI is InChI=1S/C24H31N5O.C2H6.H2/c1-18-3-6-23(30-18)19-4-5-20-17-25-24(16-21(20)15-19)26-29-9-7-22(8-10-29)28-13-11-27(2)12-14-28;1-2;/h3-6,15-17,22H,7-14H2,1-2H3,(H,25,26);1-2H3;1H. The molecule has 3 aromatic rings. The van der Waals surface area contributed by atoms with E-state index in [-0.39, 0.29) is 1.43 Å². The first-order chi connectivity index (χ1) is 15.6. The summed E-state index contributed by atoms with van der Waals surface area (Å²) in [4.78, 5) is 9.74. The molecule has 0 amide bonds. The van der Waals surface area contributed by atoms with Gasteiger partial charge in [0, 0.05) is 63.9 Å². The molecule has 0 saturated carbocycles. The Balaban J connectivity index is 0.000000994. The summed E-state index contributed by atoms with van der Waals surface area (Å²) in [6.45, 7) is 12.9. The van der Waals surface area contributed by atoms with Gasteiger partial charge in [0.1, 0.15) is 17.3 Å². The summed E-state index contributed by atoms with van der Waals surface area (Å²) in [6.07, 6.45) is 4.38. The van der Waals surface area contributed by atoms with E-state index >= 15 is 0 Å².